The molecule has 72 valence electrons. The molecule has 3 rings (SSSR count). The highest BCUT2D eigenvalue weighted by Gasteiger charge is 2.71. The Kier molecular flexibility index (Phi) is 1.70. The summed E-state index contributed by atoms with van der Waals surface area (Å²) in [5.41, 5.74) is 2.96. The van der Waals surface area contributed by atoms with Crippen molar-refractivity contribution in [3.05, 3.63) is 12.2 Å². The second-order valence-corrected chi connectivity index (χ2v) is 6.95. The molecule has 3 unspecified atom stereocenters. The number of hydrogen-bond acceptors (Lipinski definition) is 0. The average molecular weight is 288 g/mol. The van der Waals surface area contributed by atoms with Crippen molar-refractivity contribution >= 4 is 22.6 Å². The quantitative estimate of drug-likeness (QED) is 0.358. The molecular formula is C12H17I. The lowest BCUT2D eigenvalue weighted by Gasteiger charge is -2.35. The molecule has 0 aliphatic heterocycles. The molecule has 0 bridgehead atoms. The zero-order valence-electron chi connectivity index (χ0n) is 8.11. The Hall–Kier alpha value is 0.470. The molecule has 3 aliphatic rings. The Morgan fingerprint density at radius 1 is 1.15 bits per heavy atom. The first kappa shape index (κ1) is 8.75. The summed E-state index contributed by atoms with van der Waals surface area (Å²) in [7, 11) is 0. The Balaban J connectivity index is 1.96. The maximum absolute atomic E-state index is 4.37. The first-order valence-electron chi connectivity index (χ1n) is 5.55. The van der Waals surface area contributed by atoms with Gasteiger partial charge in [0.05, 0.1) is 0 Å². The van der Waals surface area contributed by atoms with Crippen LogP contribution in [0.4, 0.5) is 0 Å². The molecule has 0 aromatic heterocycles. The first-order valence-corrected chi connectivity index (χ1v) is 6.80. The van der Waals surface area contributed by atoms with Crippen LogP contribution < -0.4 is 0 Å². The van der Waals surface area contributed by atoms with Crippen molar-refractivity contribution in [3.63, 3.8) is 0 Å². The molecule has 1 heteroatoms. The van der Waals surface area contributed by atoms with Crippen molar-refractivity contribution < 1.29 is 0 Å². The van der Waals surface area contributed by atoms with Gasteiger partial charge in [0.25, 0.3) is 0 Å². The highest BCUT2D eigenvalue weighted by Crippen LogP contribution is 2.80. The Morgan fingerprint density at radius 3 is 2.62 bits per heavy atom. The van der Waals surface area contributed by atoms with Gasteiger partial charge in [-0.2, -0.15) is 0 Å². The predicted octanol–water partition coefficient (Wildman–Crippen LogP) is 4.09. The van der Waals surface area contributed by atoms with Crippen molar-refractivity contribution in [3.8, 4) is 0 Å². The van der Waals surface area contributed by atoms with Crippen molar-refractivity contribution in [2.45, 2.75) is 48.9 Å². The van der Waals surface area contributed by atoms with Gasteiger partial charge in [0.15, 0.2) is 0 Å². The molecule has 0 heterocycles. The van der Waals surface area contributed by atoms with Crippen molar-refractivity contribution in [1.82, 2.24) is 0 Å². The zero-order chi connectivity index (χ0) is 9.10. The van der Waals surface area contributed by atoms with Gasteiger partial charge < -0.3 is 0 Å². The minimum Gasteiger partial charge on any atom is -0.0987 e. The Labute approximate surface area is 94.3 Å². The topological polar surface area (TPSA) is 0 Å². The summed E-state index contributed by atoms with van der Waals surface area (Å²) in [5.74, 6) is 0. The zero-order valence-corrected chi connectivity index (χ0v) is 10.3. The molecule has 0 amide bonds. The van der Waals surface area contributed by atoms with E-state index in [1.807, 2.05) is 0 Å². The summed E-state index contributed by atoms with van der Waals surface area (Å²) in [6.45, 7) is 4.37. The third-order valence-corrected chi connectivity index (χ3v) is 5.98. The molecule has 0 aromatic rings. The maximum atomic E-state index is 4.37. The monoisotopic (exact) mass is 288 g/mol. The summed E-state index contributed by atoms with van der Waals surface area (Å²) >= 11 is 2.65. The van der Waals surface area contributed by atoms with Crippen LogP contribution in [0, 0.1) is 10.8 Å². The molecular weight excluding hydrogens is 271 g/mol. The van der Waals surface area contributed by atoms with Crippen molar-refractivity contribution in [2.75, 3.05) is 0 Å². The fourth-order valence-corrected chi connectivity index (χ4v) is 5.24. The van der Waals surface area contributed by atoms with E-state index in [1.165, 1.54) is 44.9 Å². The summed E-state index contributed by atoms with van der Waals surface area (Å²) in [4.78, 5) is 0. The number of allylic oxidation sites excluding steroid dienone is 1. The summed E-state index contributed by atoms with van der Waals surface area (Å²) in [6, 6.07) is 0. The van der Waals surface area contributed by atoms with E-state index < -0.39 is 0 Å². The van der Waals surface area contributed by atoms with Crippen LogP contribution >= 0.6 is 22.6 Å². The number of halogens is 1. The molecule has 0 N–H and O–H groups in total. The van der Waals surface area contributed by atoms with Crippen LogP contribution in [0.25, 0.3) is 0 Å². The summed E-state index contributed by atoms with van der Waals surface area (Å²) in [5, 5.41) is 0. The van der Waals surface area contributed by atoms with Gasteiger partial charge in [0.1, 0.15) is 0 Å². The molecule has 0 radical (unpaired) electrons. The van der Waals surface area contributed by atoms with E-state index in [0.29, 0.717) is 10.8 Å². The Bertz CT molecular complexity index is 270. The van der Waals surface area contributed by atoms with E-state index >= 15 is 0 Å². The second kappa shape index (κ2) is 2.53. The van der Waals surface area contributed by atoms with Crippen LogP contribution in [0.1, 0.15) is 44.9 Å². The fraction of sp³-hybridized carbons (Fsp3) is 0.833. The number of hydrogen-bond donors (Lipinski definition) is 0. The van der Waals surface area contributed by atoms with E-state index in [-0.39, 0.29) is 0 Å². The van der Waals surface area contributed by atoms with Gasteiger partial charge in [-0.25, -0.2) is 0 Å². The van der Waals surface area contributed by atoms with Crippen LogP contribution in [0.15, 0.2) is 12.2 Å². The van der Waals surface area contributed by atoms with Crippen LogP contribution in [-0.2, 0) is 0 Å². The van der Waals surface area contributed by atoms with Crippen LogP contribution in [-0.4, -0.2) is 3.92 Å². The fourth-order valence-electron chi connectivity index (χ4n) is 4.17. The molecule has 3 atom stereocenters. The van der Waals surface area contributed by atoms with E-state index in [1.54, 1.807) is 5.57 Å². The first-order chi connectivity index (χ1) is 6.21. The Morgan fingerprint density at radius 2 is 1.85 bits per heavy atom. The molecule has 3 fully saturated rings. The number of rotatable bonds is 0. The van der Waals surface area contributed by atoms with Crippen LogP contribution in [0.2, 0.25) is 0 Å². The van der Waals surface area contributed by atoms with E-state index in [4.69, 9.17) is 0 Å². The van der Waals surface area contributed by atoms with Gasteiger partial charge in [-0.15, -0.1) is 0 Å². The third-order valence-electron chi connectivity index (χ3n) is 4.92. The maximum Gasteiger partial charge on any atom is 0.0119 e. The largest absolute Gasteiger partial charge is 0.0987 e. The average Bonchev–Trinajstić information content (AvgIpc) is 2.68. The molecule has 0 spiro atoms. The lowest BCUT2D eigenvalue weighted by Crippen LogP contribution is -2.27. The molecule has 3 aliphatic carbocycles. The van der Waals surface area contributed by atoms with Crippen LogP contribution in [0.3, 0.4) is 0 Å². The third kappa shape index (κ3) is 0.877. The van der Waals surface area contributed by atoms with Gasteiger partial charge in [0.2, 0.25) is 0 Å². The van der Waals surface area contributed by atoms with E-state index in [2.05, 4.69) is 29.2 Å². The van der Waals surface area contributed by atoms with Gasteiger partial charge in [-0.05, 0) is 32.1 Å². The molecule has 0 nitrogen and oxygen atoms in total. The van der Waals surface area contributed by atoms with Gasteiger partial charge >= 0.3 is 0 Å². The summed E-state index contributed by atoms with van der Waals surface area (Å²) < 4.78 is 0.933. The highest BCUT2D eigenvalue weighted by atomic mass is 127. The van der Waals surface area contributed by atoms with Crippen molar-refractivity contribution in [2.24, 2.45) is 10.8 Å². The normalized spacial score (nSPS) is 53.9. The smallest absolute Gasteiger partial charge is 0.0119 e. The lowest BCUT2D eigenvalue weighted by atomic mass is 9.71. The molecule has 0 saturated heterocycles. The number of alkyl halides is 1. The minimum absolute atomic E-state index is 0.648. The highest BCUT2D eigenvalue weighted by molar-refractivity contribution is 14.1. The van der Waals surface area contributed by atoms with Crippen LogP contribution in [0.5, 0.6) is 0 Å². The minimum atomic E-state index is 0.648. The van der Waals surface area contributed by atoms with E-state index in [9.17, 15) is 0 Å². The van der Waals surface area contributed by atoms with Gasteiger partial charge in [0, 0.05) is 14.8 Å². The van der Waals surface area contributed by atoms with Crippen molar-refractivity contribution in [1.29, 1.82) is 0 Å². The van der Waals surface area contributed by atoms with Gasteiger partial charge in [-0.1, -0.05) is 47.6 Å². The standard InChI is InChI=1S/C12H17I/c1-9-11-5-2-3-6-12(9,11)8-10(13)4-7-11/h10H,1-8H2. The molecule has 13 heavy (non-hydrogen) atoms. The van der Waals surface area contributed by atoms with E-state index in [0.717, 1.165) is 3.92 Å². The SMILES string of the molecule is C=C1C23CCCCC12CC(I)CC3. The predicted molar refractivity (Wildman–Crippen MR) is 64.1 cm³/mol. The molecule has 0 aromatic carbocycles. The molecule has 3 saturated carbocycles. The second-order valence-electron chi connectivity index (χ2n) is 5.19. The summed E-state index contributed by atoms with van der Waals surface area (Å²) in [6.07, 6.45) is 10.2. The van der Waals surface area contributed by atoms with Gasteiger partial charge in [-0.3, -0.25) is 0 Å². The lowest BCUT2D eigenvalue weighted by molar-refractivity contribution is 0.178.